The van der Waals surface area contributed by atoms with Crippen molar-refractivity contribution in [3.63, 3.8) is 0 Å². The van der Waals surface area contributed by atoms with Crippen molar-refractivity contribution in [3.8, 4) is 0 Å². The molecule has 0 bridgehead atoms. The summed E-state index contributed by atoms with van der Waals surface area (Å²) >= 11 is 0. The van der Waals surface area contributed by atoms with Crippen molar-refractivity contribution in [2.45, 2.75) is 32.2 Å². The van der Waals surface area contributed by atoms with E-state index >= 15 is 0 Å². The zero-order chi connectivity index (χ0) is 10.8. The largest absolute Gasteiger partial charge is 0.381 e. The van der Waals surface area contributed by atoms with Gasteiger partial charge in [0.05, 0.1) is 6.04 Å². The highest BCUT2D eigenvalue weighted by Crippen LogP contribution is 2.25. The van der Waals surface area contributed by atoms with E-state index in [0.29, 0.717) is 5.82 Å². The van der Waals surface area contributed by atoms with Gasteiger partial charge in [-0.15, -0.1) is 0 Å². The van der Waals surface area contributed by atoms with Crippen molar-refractivity contribution < 1.29 is 4.92 Å². The first-order valence-electron chi connectivity index (χ1n) is 5.05. The molecule has 1 atom stereocenters. The second kappa shape index (κ2) is 3.84. The van der Waals surface area contributed by atoms with Gasteiger partial charge < -0.3 is 14.7 Å². The van der Waals surface area contributed by atoms with E-state index in [1.54, 1.807) is 6.92 Å². The van der Waals surface area contributed by atoms with Gasteiger partial charge in [0.15, 0.2) is 0 Å². The van der Waals surface area contributed by atoms with Crippen LogP contribution in [0.1, 0.15) is 31.1 Å². The van der Waals surface area contributed by atoms with E-state index < -0.39 is 4.92 Å². The van der Waals surface area contributed by atoms with E-state index in [9.17, 15) is 10.1 Å². The van der Waals surface area contributed by atoms with Crippen LogP contribution in [0.4, 0.5) is 5.82 Å². The molecule has 1 unspecified atom stereocenters. The summed E-state index contributed by atoms with van der Waals surface area (Å²) in [7, 11) is 0. The number of nitrogens with zero attached hydrogens (tertiary/aromatic N) is 3. The molecule has 0 spiro atoms. The van der Waals surface area contributed by atoms with Crippen LogP contribution in [0.3, 0.4) is 0 Å². The quantitative estimate of drug-likeness (QED) is 0.425. The van der Waals surface area contributed by atoms with Crippen LogP contribution >= 0.6 is 0 Å². The minimum absolute atomic E-state index is 0.0635. The van der Waals surface area contributed by atoms with Crippen LogP contribution < -0.4 is 0 Å². The Morgan fingerprint density at radius 3 is 3.00 bits per heavy atom. The summed E-state index contributed by atoms with van der Waals surface area (Å²) in [6, 6.07) is 0.236. The fourth-order valence-corrected chi connectivity index (χ4v) is 1.92. The van der Waals surface area contributed by atoms with Crippen LogP contribution in [0.5, 0.6) is 0 Å². The van der Waals surface area contributed by atoms with Crippen molar-refractivity contribution in [1.82, 2.24) is 9.55 Å². The molecule has 0 saturated heterocycles. The maximum absolute atomic E-state index is 10.6. The molecule has 1 aromatic heterocycles. The number of nitro groups is 1. The molecule has 0 aromatic carbocycles. The number of aromatic nitrogens is 2. The summed E-state index contributed by atoms with van der Waals surface area (Å²) < 4.78 is 1.88. The molecule has 80 valence electrons. The van der Waals surface area contributed by atoms with Gasteiger partial charge in [-0.3, -0.25) is 0 Å². The summed E-state index contributed by atoms with van der Waals surface area (Å²) in [5.41, 5.74) is 0. The van der Waals surface area contributed by atoms with Crippen LogP contribution in [0.15, 0.2) is 18.3 Å². The van der Waals surface area contributed by atoms with Gasteiger partial charge >= 0.3 is 5.82 Å². The number of aryl methyl sites for hydroxylation is 1. The molecule has 0 amide bonds. The highest BCUT2D eigenvalue weighted by atomic mass is 16.6. The van der Waals surface area contributed by atoms with Gasteiger partial charge in [-0.05, 0) is 29.2 Å². The third-order valence-electron chi connectivity index (χ3n) is 2.68. The van der Waals surface area contributed by atoms with E-state index in [4.69, 9.17) is 0 Å². The van der Waals surface area contributed by atoms with Gasteiger partial charge in [-0.1, -0.05) is 12.2 Å². The van der Waals surface area contributed by atoms with Crippen molar-refractivity contribution >= 4 is 5.82 Å². The van der Waals surface area contributed by atoms with E-state index in [1.807, 2.05) is 4.57 Å². The molecule has 0 aliphatic heterocycles. The molecule has 0 fully saturated rings. The molecule has 1 aliphatic carbocycles. The number of hydrogen-bond acceptors (Lipinski definition) is 3. The van der Waals surface area contributed by atoms with E-state index in [2.05, 4.69) is 17.1 Å². The van der Waals surface area contributed by atoms with E-state index in [1.165, 1.54) is 6.20 Å². The van der Waals surface area contributed by atoms with E-state index in [-0.39, 0.29) is 11.9 Å². The Labute approximate surface area is 87.6 Å². The molecule has 1 heterocycles. The lowest BCUT2D eigenvalue weighted by molar-refractivity contribution is -0.389. The summed E-state index contributed by atoms with van der Waals surface area (Å²) in [6.45, 7) is 1.80. The summed E-state index contributed by atoms with van der Waals surface area (Å²) in [5.74, 6) is 0.643. The minimum atomic E-state index is -0.448. The summed E-state index contributed by atoms with van der Waals surface area (Å²) in [4.78, 5) is 14.0. The van der Waals surface area contributed by atoms with Crippen LogP contribution in [-0.2, 0) is 0 Å². The third kappa shape index (κ3) is 1.91. The highest BCUT2D eigenvalue weighted by molar-refractivity contribution is 5.19. The maximum Gasteiger partial charge on any atom is 0.381 e. The Morgan fingerprint density at radius 2 is 2.47 bits per heavy atom. The van der Waals surface area contributed by atoms with Gasteiger partial charge in [0.25, 0.3) is 0 Å². The average Bonchev–Trinajstić information content (AvgIpc) is 2.62. The second-order valence-electron chi connectivity index (χ2n) is 3.74. The van der Waals surface area contributed by atoms with Crippen LogP contribution in [-0.4, -0.2) is 14.5 Å². The Hall–Kier alpha value is -1.65. The number of hydrogen-bond donors (Lipinski definition) is 0. The molecule has 15 heavy (non-hydrogen) atoms. The third-order valence-corrected chi connectivity index (χ3v) is 2.68. The lowest BCUT2D eigenvalue weighted by Crippen LogP contribution is -2.09. The molecule has 0 radical (unpaired) electrons. The smallest absolute Gasteiger partial charge is 0.358 e. The molecule has 1 aliphatic rings. The topological polar surface area (TPSA) is 61.0 Å². The molecular formula is C10H13N3O2. The number of rotatable bonds is 2. The SMILES string of the molecule is Cc1nc([N+](=O)[O-])cn1C1C=CCCC1. The van der Waals surface area contributed by atoms with Crippen LogP contribution in [0.25, 0.3) is 0 Å². The van der Waals surface area contributed by atoms with Gasteiger partial charge in [0.1, 0.15) is 6.20 Å². The summed E-state index contributed by atoms with van der Waals surface area (Å²) in [5, 5.41) is 10.6. The van der Waals surface area contributed by atoms with Gasteiger partial charge in [-0.2, -0.15) is 0 Å². The molecule has 5 nitrogen and oxygen atoms in total. The standard InChI is InChI=1S/C10H13N3O2/c1-8-11-10(13(14)15)7-12(8)9-5-3-2-4-6-9/h3,5,7,9H,2,4,6H2,1H3. The van der Waals surface area contributed by atoms with Gasteiger partial charge in [0, 0.05) is 6.92 Å². The predicted octanol–water partition coefficient (Wildman–Crippen LogP) is 2.38. The first-order valence-corrected chi connectivity index (χ1v) is 5.05. The normalized spacial score (nSPS) is 20.5. The molecule has 0 N–H and O–H groups in total. The predicted molar refractivity (Wildman–Crippen MR) is 55.6 cm³/mol. The van der Waals surface area contributed by atoms with Crippen molar-refractivity contribution in [1.29, 1.82) is 0 Å². The zero-order valence-corrected chi connectivity index (χ0v) is 8.59. The molecule has 2 rings (SSSR count). The zero-order valence-electron chi connectivity index (χ0n) is 8.59. The highest BCUT2D eigenvalue weighted by Gasteiger charge is 2.20. The van der Waals surface area contributed by atoms with Gasteiger partial charge in [-0.25, -0.2) is 0 Å². The number of imidazole rings is 1. The average molecular weight is 207 g/mol. The summed E-state index contributed by atoms with van der Waals surface area (Å²) in [6.07, 6.45) is 9.01. The Morgan fingerprint density at radius 1 is 1.67 bits per heavy atom. The van der Waals surface area contributed by atoms with Gasteiger partial charge in [0.2, 0.25) is 5.82 Å². The molecular weight excluding hydrogens is 194 g/mol. The van der Waals surface area contributed by atoms with Crippen LogP contribution in [0.2, 0.25) is 0 Å². The second-order valence-corrected chi connectivity index (χ2v) is 3.74. The Balaban J connectivity index is 2.31. The Kier molecular flexibility index (Phi) is 2.53. The minimum Gasteiger partial charge on any atom is -0.358 e. The fraction of sp³-hybridized carbons (Fsp3) is 0.500. The maximum atomic E-state index is 10.6. The monoisotopic (exact) mass is 207 g/mol. The fourth-order valence-electron chi connectivity index (χ4n) is 1.92. The lowest BCUT2D eigenvalue weighted by Gasteiger charge is -2.17. The molecule has 5 heteroatoms. The molecule has 0 saturated carbocycles. The first kappa shape index (κ1) is 9.89. The Bertz CT molecular complexity index is 409. The van der Waals surface area contributed by atoms with Crippen molar-refractivity contribution in [2.75, 3.05) is 0 Å². The first-order chi connectivity index (χ1) is 7.18. The van der Waals surface area contributed by atoms with Crippen molar-refractivity contribution in [3.05, 3.63) is 34.3 Å². The van der Waals surface area contributed by atoms with Crippen LogP contribution in [0, 0.1) is 17.0 Å². The molecule has 1 aromatic rings. The lowest BCUT2D eigenvalue weighted by atomic mass is 10.0. The van der Waals surface area contributed by atoms with Crippen molar-refractivity contribution in [2.24, 2.45) is 0 Å². The van der Waals surface area contributed by atoms with E-state index in [0.717, 1.165) is 19.3 Å². The number of allylic oxidation sites excluding steroid dienone is 2.